The minimum absolute atomic E-state index is 0.000525. The van der Waals surface area contributed by atoms with Crippen LogP contribution in [0.25, 0.3) is 0 Å². The molecule has 0 N–H and O–H groups in total. The van der Waals surface area contributed by atoms with Crippen molar-refractivity contribution in [3.05, 3.63) is 29.3 Å². The van der Waals surface area contributed by atoms with Crippen LogP contribution < -0.4 is 4.74 Å². The highest BCUT2D eigenvalue weighted by molar-refractivity contribution is 5.98. The Morgan fingerprint density at radius 2 is 1.76 bits per heavy atom. The van der Waals surface area contributed by atoms with Gasteiger partial charge in [-0.25, -0.2) is 0 Å². The van der Waals surface area contributed by atoms with Gasteiger partial charge in [0.1, 0.15) is 5.75 Å². The molecule has 0 saturated carbocycles. The number of unbranched alkanes of at least 4 members (excludes halogenated alkanes) is 4. The van der Waals surface area contributed by atoms with Gasteiger partial charge < -0.3 is 4.74 Å². The Morgan fingerprint density at radius 1 is 1.08 bits per heavy atom. The van der Waals surface area contributed by atoms with Crippen LogP contribution in [0.3, 0.4) is 0 Å². The zero-order valence-electron chi connectivity index (χ0n) is 15.8. The maximum atomic E-state index is 12.2. The van der Waals surface area contributed by atoms with Gasteiger partial charge in [0.05, 0.1) is 12.0 Å². The normalized spacial score (nSPS) is 11.2. The second kappa shape index (κ2) is 10.1. The van der Waals surface area contributed by atoms with E-state index in [1.54, 1.807) is 12.4 Å². The Morgan fingerprint density at radius 3 is 2.36 bits per heavy atom. The molecular formula is C21H29O4. The molecule has 0 spiro atoms. The first-order chi connectivity index (χ1) is 11.8. The van der Waals surface area contributed by atoms with Crippen molar-refractivity contribution in [3.63, 3.8) is 0 Å². The van der Waals surface area contributed by atoms with Gasteiger partial charge in [0.25, 0.3) is 0 Å². The van der Waals surface area contributed by atoms with E-state index in [0.717, 1.165) is 19.3 Å². The summed E-state index contributed by atoms with van der Waals surface area (Å²) < 4.78 is 5.26. The van der Waals surface area contributed by atoms with E-state index < -0.39 is 5.97 Å². The monoisotopic (exact) mass is 345 g/mol. The van der Waals surface area contributed by atoms with Gasteiger partial charge in [0, 0.05) is 12.0 Å². The Hall–Kier alpha value is -1.97. The number of hydrogen-bond donors (Lipinski definition) is 0. The summed E-state index contributed by atoms with van der Waals surface area (Å²) in [5, 5.41) is 0. The molecule has 0 atom stereocenters. The van der Waals surface area contributed by atoms with Crippen LogP contribution in [-0.4, -0.2) is 18.0 Å². The van der Waals surface area contributed by atoms with E-state index in [9.17, 15) is 14.4 Å². The van der Waals surface area contributed by atoms with Gasteiger partial charge in [-0.1, -0.05) is 53.4 Å². The fourth-order valence-corrected chi connectivity index (χ4v) is 2.50. The molecule has 1 aromatic carbocycles. The van der Waals surface area contributed by atoms with Crippen molar-refractivity contribution in [2.24, 2.45) is 5.41 Å². The van der Waals surface area contributed by atoms with Crippen molar-refractivity contribution < 1.29 is 19.1 Å². The molecule has 0 aliphatic heterocycles. The molecule has 137 valence electrons. The van der Waals surface area contributed by atoms with Crippen LogP contribution >= 0.6 is 0 Å². The lowest BCUT2D eigenvalue weighted by Gasteiger charge is -2.17. The fourth-order valence-electron chi connectivity index (χ4n) is 2.50. The summed E-state index contributed by atoms with van der Waals surface area (Å²) in [7, 11) is 0. The Balaban J connectivity index is 2.69. The van der Waals surface area contributed by atoms with Gasteiger partial charge >= 0.3 is 5.97 Å². The summed E-state index contributed by atoms with van der Waals surface area (Å²) in [5.41, 5.74) is 0.374. The third-order valence-electron chi connectivity index (χ3n) is 3.82. The van der Waals surface area contributed by atoms with Gasteiger partial charge in [-0.2, -0.15) is 0 Å². The first-order valence-electron chi connectivity index (χ1n) is 9.03. The van der Waals surface area contributed by atoms with Crippen molar-refractivity contribution >= 4 is 18.0 Å². The number of ketones is 1. The summed E-state index contributed by atoms with van der Waals surface area (Å²) >= 11 is 0. The van der Waals surface area contributed by atoms with E-state index in [4.69, 9.17) is 4.74 Å². The number of esters is 1. The van der Waals surface area contributed by atoms with Crippen LogP contribution in [0.15, 0.2) is 18.2 Å². The lowest BCUT2D eigenvalue weighted by molar-refractivity contribution is -0.136. The molecule has 1 aromatic rings. The first-order valence-corrected chi connectivity index (χ1v) is 9.03. The van der Waals surface area contributed by atoms with Crippen LogP contribution in [0.2, 0.25) is 0 Å². The Kier molecular flexibility index (Phi) is 8.53. The SMILES string of the molecule is CCCCCCCC(=O)c1ccc(OC(=O)CC(C)(C)C)c([C]=O)c1. The van der Waals surface area contributed by atoms with Crippen molar-refractivity contribution in [2.75, 3.05) is 0 Å². The van der Waals surface area contributed by atoms with Gasteiger partial charge in [0.15, 0.2) is 5.78 Å². The summed E-state index contributed by atoms with van der Waals surface area (Å²) in [6, 6.07) is 4.57. The molecule has 0 fully saturated rings. The zero-order valence-corrected chi connectivity index (χ0v) is 15.8. The molecule has 0 aliphatic carbocycles. The van der Waals surface area contributed by atoms with Crippen LogP contribution in [-0.2, 0) is 9.59 Å². The molecule has 0 aliphatic rings. The third kappa shape index (κ3) is 8.10. The van der Waals surface area contributed by atoms with Crippen molar-refractivity contribution in [2.45, 2.75) is 72.6 Å². The minimum Gasteiger partial charge on any atom is -0.426 e. The van der Waals surface area contributed by atoms with E-state index in [0.29, 0.717) is 12.0 Å². The third-order valence-corrected chi connectivity index (χ3v) is 3.82. The highest BCUT2D eigenvalue weighted by Crippen LogP contribution is 2.24. The molecule has 0 heterocycles. The Labute approximate surface area is 151 Å². The number of Topliss-reactive ketones (excluding diaryl/α,β-unsaturated/α-hetero) is 1. The minimum atomic E-state index is -0.404. The lowest BCUT2D eigenvalue weighted by atomic mass is 9.92. The van der Waals surface area contributed by atoms with E-state index in [1.807, 2.05) is 20.8 Å². The highest BCUT2D eigenvalue weighted by atomic mass is 16.5. The molecule has 0 bridgehead atoms. The molecule has 0 saturated heterocycles. The number of benzene rings is 1. The maximum Gasteiger partial charge on any atom is 0.311 e. The molecule has 0 aromatic heterocycles. The van der Waals surface area contributed by atoms with Crippen molar-refractivity contribution in [3.8, 4) is 5.75 Å². The number of hydrogen-bond acceptors (Lipinski definition) is 4. The standard InChI is InChI=1S/C21H29O4/c1-5-6-7-8-9-10-18(23)16-11-12-19(17(13-16)15-22)25-20(24)14-21(2,3)4/h11-13H,5-10,14H2,1-4H3. The molecule has 0 amide bonds. The summed E-state index contributed by atoms with van der Waals surface area (Å²) in [6.45, 7) is 7.95. The molecule has 4 nitrogen and oxygen atoms in total. The van der Waals surface area contributed by atoms with Crippen molar-refractivity contribution in [1.29, 1.82) is 0 Å². The largest absolute Gasteiger partial charge is 0.426 e. The van der Waals surface area contributed by atoms with E-state index in [1.165, 1.54) is 25.0 Å². The summed E-state index contributed by atoms with van der Waals surface area (Å²) in [6.07, 6.45) is 7.85. The summed E-state index contributed by atoms with van der Waals surface area (Å²) in [5.74, 6) is -0.247. The Bertz CT molecular complexity index is 596. The number of carbonyl (C=O) groups is 2. The second-order valence-electron chi connectivity index (χ2n) is 7.61. The molecule has 4 heteroatoms. The van der Waals surface area contributed by atoms with E-state index in [-0.39, 0.29) is 28.9 Å². The van der Waals surface area contributed by atoms with Crippen LogP contribution in [0.4, 0.5) is 0 Å². The lowest BCUT2D eigenvalue weighted by Crippen LogP contribution is -2.18. The van der Waals surface area contributed by atoms with Gasteiger partial charge in [-0.15, -0.1) is 0 Å². The maximum absolute atomic E-state index is 12.2. The fraction of sp³-hybridized carbons (Fsp3) is 0.571. The van der Waals surface area contributed by atoms with Gasteiger partial charge in [-0.05, 0) is 30.0 Å². The van der Waals surface area contributed by atoms with Crippen LogP contribution in [0.1, 0.15) is 88.6 Å². The van der Waals surface area contributed by atoms with Crippen molar-refractivity contribution in [1.82, 2.24) is 0 Å². The predicted molar refractivity (Wildman–Crippen MR) is 98.7 cm³/mol. The smallest absolute Gasteiger partial charge is 0.311 e. The quantitative estimate of drug-likeness (QED) is 0.258. The number of ether oxygens (including phenoxy) is 1. The molecule has 1 rings (SSSR count). The van der Waals surface area contributed by atoms with Crippen LogP contribution in [0.5, 0.6) is 5.75 Å². The highest BCUT2D eigenvalue weighted by Gasteiger charge is 2.19. The molecule has 25 heavy (non-hydrogen) atoms. The predicted octanol–water partition coefficient (Wildman–Crippen LogP) is 5.03. The molecule has 1 radical (unpaired) electrons. The van der Waals surface area contributed by atoms with Gasteiger partial charge in [0.2, 0.25) is 6.29 Å². The summed E-state index contributed by atoms with van der Waals surface area (Å²) in [4.78, 5) is 35.3. The average Bonchev–Trinajstić information content (AvgIpc) is 2.53. The average molecular weight is 345 g/mol. The zero-order chi connectivity index (χ0) is 18.9. The van der Waals surface area contributed by atoms with Gasteiger partial charge in [-0.3, -0.25) is 14.4 Å². The second-order valence-corrected chi connectivity index (χ2v) is 7.61. The number of rotatable bonds is 10. The van der Waals surface area contributed by atoms with Crippen LogP contribution in [0, 0.1) is 5.41 Å². The first kappa shape index (κ1) is 21.1. The number of carbonyl (C=O) groups excluding carboxylic acids is 3. The molecule has 0 unspecified atom stereocenters. The molecular weight excluding hydrogens is 316 g/mol. The van der Waals surface area contributed by atoms with E-state index in [2.05, 4.69) is 6.92 Å². The topological polar surface area (TPSA) is 60.4 Å². The van der Waals surface area contributed by atoms with E-state index >= 15 is 0 Å².